The third-order valence-electron chi connectivity index (χ3n) is 4.22. The third kappa shape index (κ3) is 3.82. The molecule has 6 nitrogen and oxygen atoms in total. The highest BCUT2D eigenvalue weighted by Gasteiger charge is 2.12. The monoisotopic (exact) mass is 363 g/mol. The molecule has 4 N–H and O–H groups in total. The van der Waals surface area contributed by atoms with Crippen molar-refractivity contribution in [3.8, 4) is 11.3 Å². The molecule has 0 spiro atoms. The second-order valence-corrected chi connectivity index (χ2v) is 6.35. The van der Waals surface area contributed by atoms with Gasteiger partial charge in [0.2, 0.25) is 0 Å². The largest absolute Gasteiger partial charge is 0.384 e. The number of anilines is 2. The lowest BCUT2D eigenvalue weighted by Crippen LogP contribution is -1.97. The van der Waals surface area contributed by atoms with Crippen LogP contribution in [0.25, 0.3) is 11.3 Å². The smallest absolute Gasteiger partial charge is 0.170 e. The molecule has 0 aliphatic carbocycles. The molecule has 0 radical (unpaired) electrons. The van der Waals surface area contributed by atoms with E-state index >= 15 is 0 Å². The Morgan fingerprint density at radius 2 is 1.93 bits per heavy atom. The Kier molecular flexibility index (Phi) is 4.33. The van der Waals surface area contributed by atoms with Crippen LogP contribution in [0.15, 0.2) is 65.4 Å². The first kappa shape index (κ1) is 16.8. The average Bonchev–Trinajstić information content (AvgIpc) is 3.25. The van der Waals surface area contributed by atoms with Crippen molar-refractivity contribution in [3.05, 3.63) is 83.6 Å². The van der Waals surface area contributed by atoms with E-state index in [0.29, 0.717) is 35.9 Å². The van der Waals surface area contributed by atoms with Crippen molar-refractivity contribution >= 4 is 11.6 Å². The number of benzene rings is 1. The van der Waals surface area contributed by atoms with Crippen molar-refractivity contribution in [2.24, 2.45) is 0 Å². The van der Waals surface area contributed by atoms with Gasteiger partial charge in [0.25, 0.3) is 0 Å². The molecule has 0 amide bonds. The molecule has 0 bridgehead atoms. The molecule has 0 fully saturated rings. The number of hydrogen-bond donors (Lipinski definition) is 2. The number of nitrogens with two attached hydrogens (primary N) is 2. The zero-order valence-electron chi connectivity index (χ0n) is 14.5. The van der Waals surface area contributed by atoms with Crippen molar-refractivity contribution in [1.82, 2.24) is 14.7 Å². The summed E-state index contributed by atoms with van der Waals surface area (Å²) < 4.78 is 20.7. The first-order valence-corrected chi connectivity index (χ1v) is 8.44. The van der Waals surface area contributed by atoms with Crippen LogP contribution >= 0.6 is 0 Å². The lowest BCUT2D eigenvalue weighted by molar-refractivity contribution is 0.425. The van der Waals surface area contributed by atoms with E-state index in [-0.39, 0.29) is 5.82 Å². The van der Waals surface area contributed by atoms with Crippen molar-refractivity contribution in [3.63, 3.8) is 0 Å². The van der Waals surface area contributed by atoms with E-state index in [1.807, 2.05) is 35.2 Å². The Bertz CT molecular complexity index is 1090. The Hall–Kier alpha value is -3.61. The van der Waals surface area contributed by atoms with Crippen LogP contribution in [0.4, 0.5) is 16.0 Å². The summed E-state index contributed by atoms with van der Waals surface area (Å²) in [6.07, 6.45) is 4.59. The molecule has 0 unspecified atom stereocenters. The van der Waals surface area contributed by atoms with E-state index in [4.69, 9.17) is 16.0 Å². The van der Waals surface area contributed by atoms with Crippen LogP contribution in [-0.4, -0.2) is 14.7 Å². The van der Waals surface area contributed by atoms with Gasteiger partial charge in [-0.25, -0.2) is 9.37 Å². The topological polar surface area (TPSA) is 95.9 Å². The van der Waals surface area contributed by atoms with Gasteiger partial charge < -0.3 is 20.6 Å². The Morgan fingerprint density at radius 3 is 2.74 bits per heavy atom. The van der Waals surface area contributed by atoms with Gasteiger partial charge in [0, 0.05) is 31.4 Å². The van der Waals surface area contributed by atoms with E-state index in [1.165, 1.54) is 12.1 Å². The van der Waals surface area contributed by atoms with E-state index in [9.17, 15) is 4.39 Å². The Labute approximate surface area is 155 Å². The first-order chi connectivity index (χ1) is 13.1. The number of nitrogen functional groups attached to an aromatic ring is 2. The number of nitrogens with zero attached hydrogens (tertiary/aromatic N) is 3. The number of halogens is 1. The maximum atomic E-state index is 13.3. The van der Waals surface area contributed by atoms with E-state index in [1.54, 1.807) is 18.2 Å². The molecule has 3 aromatic heterocycles. The average molecular weight is 363 g/mol. The van der Waals surface area contributed by atoms with Crippen LogP contribution < -0.4 is 11.5 Å². The highest BCUT2D eigenvalue weighted by Crippen LogP contribution is 2.26. The predicted molar refractivity (Wildman–Crippen MR) is 101 cm³/mol. The number of rotatable bonds is 5. The molecule has 0 aliphatic heterocycles. The minimum Gasteiger partial charge on any atom is -0.384 e. The minimum atomic E-state index is -0.230. The quantitative estimate of drug-likeness (QED) is 0.566. The van der Waals surface area contributed by atoms with Crippen LogP contribution in [-0.2, 0) is 13.0 Å². The lowest BCUT2D eigenvalue weighted by atomic mass is 10.1. The van der Waals surface area contributed by atoms with Gasteiger partial charge >= 0.3 is 0 Å². The summed E-state index contributed by atoms with van der Waals surface area (Å²) in [6, 6.07) is 13.9. The standard InChI is InChI=1S/C20H18FN5O/c21-15-3-1-2-13(8-15)11-26-7-6-14(12-26)9-16-10-18(27-25-16)17-4-5-19(22)24-20(17)23/h1-8,10,12H,9,11H2,(H4,22,23,24). The number of pyridine rings is 1. The summed E-state index contributed by atoms with van der Waals surface area (Å²) in [5.74, 6) is 0.982. The highest BCUT2D eigenvalue weighted by molar-refractivity contribution is 5.71. The maximum absolute atomic E-state index is 13.3. The molecule has 1 aromatic carbocycles. The van der Waals surface area contributed by atoms with Crippen LogP contribution in [0.1, 0.15) is 16.8 Å². The summed E-state index contributed by atoms with van der Waals surface area (Å²) in [7, 11) is 0. The normalized spacial score (nSPS) is 11.0. The fourth-order valence-corrected chi connectivity index (χ4v) is 2.97. The van der Waals surface area contributed by atoms with Gasteiger partial charge in [-0.3, -0.25) is 0 Å². The molecule has 27 heavy (non-hydrogen) atoms. The maximum Gasteiger partial charge on any atom is 0.170 e. The lowest BCUT2D eigenvalue weighted by Gasteiger charge is -2.03. The van der Waals surface area contributed by atoms with Crippen molar-refractivity contribution in [1.29, 1.82) is 0 Å². The SMILES string of the molecule is Nc1ccc(-c2cc(Cc3ccn(Cc4cccc(F)c4)c3)no2)c(N)n1. The second kappa shape index (κ2) is 6.95. The molecule has 0 atom stereocenters. The molecule has 0 saturated carbocycles. The molecule has 0 aliphatic rings. The van der Waals surface area contributed by atoms with Crippen LogP contribution in [0.2, 0.25) is 0 Å². The van der Waals surface area contributed by atoms with Crippen molar-refractivity contribution in [2.45, 2.75) is 13.0 Å². The predicted octanol–water partition coefficient (Wildman–Crippen LogP) is 3.48. The van der Waals surface area contributed by atoms with Crippen molar-refractivity contribution < 1.29 is 8.91 Å². The molecular weight excluding hydrogens is 345 g/mol. The molecule has 3 heterocycles. The highest BCUT2D eigenvalue weighted by atomic mass is 19.1. The summed E-state index contributed by atoms with van der Waals surface area (Å²) >= 11 is 0. The summed E-state index contributed by atoms with van der Waals surface area (Å²) in [5.41, 5.74) is 14.9. The van der Waals surface area contributed by atoms with Crippen LogP contribution in [0.5, 0.6) is 0 Å². The second-order valence-electron chi connectivity index (χ2n) is 6.35. The molecular formula is C20H18FN5O. The Morgan fingerprint density at radius 1 is 1.04 bits per heavy atom. The molecule has 7 heteroatoms. The van der Waals surface area contributed by atoms with Crippen molar-refractivity contribution in [2.75, 3.05) is 11.5 Å². The van der Waals surface area contributed by atoms with Gasteiger partial charge in [-0.05, 0) is 41.5 Å². The fourth-order valence-electron chi connectivity index (χ4n) is 2.97. The molecule has 4 aromatic rings. The number of aromatic nitrogens is 3. The van der Waals surface area contributed by atoms with E-state index in [2.05, 4.69) is 10.1 Å². The third-order valence-corrected chi connectivity index (χ3v) is 4.22. The van der Waals surface area contributed by atoms with E-state index < -0.39 is 0 Å². The van der Waals surface area contributed by atoms with Crippen LogP contribution in [0, 0.1) is 5.82 Å². The van der Waals surface area contributed by atoms with Gasteiger partial charge in [-0.1, -0.05) is 17.3 Å². The van der Waals surface area contributed by atoms with Gasteiger partial charge in [0.1, 0.15) is 17.5 Å². The van der Waals surface area contributed by atoms with Gasteiger partial charge in [0.15, 0.2) is 5.76 Å². The molecule has 0 saturated heterocycles. The molecule has 136 valence electrons. The van der Waals surface area contributed by atoms with E-state index in [0.717, 1.165) is 16.8 Å². The Balaban J connectivity index is 1.47. The first-order valence-electron chi connectivity index (χ1n) is 8.44. The van der Waals surface area contributed by atoms with Crippen LogP contribution in [0.3, 0.4) is 0 Å². The van der Waals surface area contributed by atoms with Gasteiger partial charge in [0.05, 0.1) is 11.3 Å². The summed E-state index contributed by atoms with van der Waals surface area (Å²) in [6.45, 7) is 0.607. The summed E-state index contributed by atoms with van der Waals surface area (Å²) in [5, 5.41) is 4.11. The molecule has 4 rings (SSSR count). The fraction of sp³-hybridized carbons (Fsp3) is 0.100. The minimum absolute atomic E-state index is 0.230. The zero-order chi connectivity index (χ0) is 18.8. The zero-order valence-corrected chi connectivity index (χ0v) is 14.5. The van der Waals surface area contributed by atoms with Gasteiger partial charge in [-0.15, -0.1) is 0 Å². The number of hydrogen-bond acceptors (Lipinski definition) is 5. The van der Waals surface area contributed by atoms with Gasteiger partial charge in [-0.2, -0.15) is 0 Å². The summed E-state index contributed by atoms with van der Waals surface area (Å²) in [4.78, 5) is 4.03.